The van der Waals surface area contributed by atoms with Gasteiger partial charge in [-0.05, 0) is 98.1 Å². The van der Waals surface area contributed by atoms with Crippen molar-refractivity contribution in [2.45, 2.75) is 182 Å². The van der Waals surface area contributed by atoms with Gasteiger partial charge in [0.15, 0.2) is 16.6 Å². The number of amides is 1. The molecule has 0 aliphatic heterocycles. The Kier molecular flexibility index (Phi) is 15.9. The highest BCUT2D eigenvalue weighted by Crippen LogP contribution is 2.46. The van der Waals surface area contributed by atoms with Gasteiger partial charge < -0.3 is 18.9 Å². The standard InChI is InChI=1S/C40H75NO5Si2/c1-16-18-23-41-36(42)27-33(46-48(14,15)40(9,10)11)26-32(45-47(12,13)39(6,7)8)21-22-34-30(5)19-20-31-24-28(3)25-35(37(31)34)44-38(43)29(4)17-2/h19-20,24,28-30,32-35,37H,16-18,21-23,25-27H2,1-15H3,(H,41,42)/t28-,29-,30-,32-,33-,34-,35-,37?/m0/s1. The van der Waals surface area contributed by atoms with Gasteiger partial charge in [0.05, 0.1) is 18.4 Å². The van der Waals surface area contributed by atoms with E-state index >= 15 is 0 Å². The number of carbonyl (C=O) groups excluding carboxylic acids is 2. The number of rotatable bonds is 17. The zero-order valence-corrected chi connectivity index (χ0v) is 35.8. The van der Waals surface area contributed by atoms with Crippen LogP contribution in [-0.4, -0.2) is 53.4 Å². The lowest BCUT2D eigenvalue weighted by Crippen LogP contribution is -2.48. The predicted octanol–water partition coefficient (Wildman–Crippen LogP) is 10.6. The van der Waals surface area contributed by atoms with Gasteiger partial charge in [-0.3, -0.25) is 9.59 Å². The second kappa shape index (κ2) is 17.8. The van der Waals surface area contributed by atoms with Crippen LogP contribution >= 0.6 is 0 Å². The van der Waals surface area contributed by atoms with Crippen LogP contribution in [0.2, 0.25) is 36.3 Å². The normalized spacial score (nSPS) is 25.5. The third kappa shape index (κ3) is 12.2. The lowest BCUT2D eigenvalue weighted by molar-refractivity contribution is -0.158. The summed E-state index contributed by atoms with van der Waals surface area (Å²) in [6.07, 6.45) is 13.3. The first-order valence-corrected chi connectivity index (χ1v) is 25.1. The lowest BCUT2D eigenvalue weighted by atomic mass is 9.65. The van der Waals surface area contributed by atoms with Gasteiger partial charge in [0.25, 0.3) is 0 Å². The Labute approximate surface area is 298 Å². The fourth-order valence-corrected chi connectivity index (χ4v) is 9.36. The third-order valence-corrected chi connectivity index (χ3v) is 21.1. The fraction of sp³-hybridized carbons (Fsp3) is 0.850. The molecule has 0 radical (unpaired) electrons. The second-order valence-corrected chi connectivity index (χ2v) is 27.8. The molecule has 0 spiro atoms. The minimum absolute atomic E-state index is 0.0294. The lowest BCUT2D eigenvalue weighted by Gasteiger charge is -2.45. The topological polar surface area (TPSA) is 73.9 Å². The number of unbranched alkanes of at least 4 members (excludes halogenated alkanes) is 1. The van der Waals surface area contributed by atoms with Crippen LogP contribution in [0.4, 0.5) is 0 Å². The number of hydrogen-bond donors (Lipinski definition) is 1. The second-order valence-electron chi connectivity index (χ2n) is 18.3. The van der Waals surface area contributed by atoms with Crippen LogP contribution in [-0.2, 0) is 23.2 Å². The number of hydrogen-bond acceptors (Lipinski definition) is 5. The highest BCUT2D eigenvalue weighted by Gasteiger charge is 2.45. The summed E-state index contributed by atoms with van der Waals surface area (Å²) in [6, 6.07) is 0. The predicted molar refractivity (Wildman–Crippen MR) is 207 cm³/mol. The van der Waals surface area contributed by atoms with Crippen molar-refractivity contribution in [2.24, 2.45) is 29.6 Å². The number of allylic oxidation sites excluding steroid dienone is 3. The van der Waals surface area contributed by atoms with Crippen LogP contribution in [0.5, 0.6) is 0 Å². The Bertz CT molecular complexity index is 1100. The Morgan fingerprint density at radius 1 is 0.958 bits per heavy atom. The van der Waals surface area contributed by atoms with Gasteiger partial charge >= 0.3 is 5.97 Å². The summed E-state index contributed by atoms with van der Waals surface area (Å²) in [6.45, 7) is 34.3. The van der Waals surface area contributed by atoms with E-state index in [9.17, 15) is 9.59 Å². The van der Waals surface area contributed by atoms with Gasteiger partial charge in [-0.25, -0.2) is 0 Å². The summed E-state index contributed by atoms with van der Waals surface area (Å²) in [5.41, 5.74) is 1.32. The molecule has 8 heteroatoms. The SMILES string of the molecule is CCCCNC(=O)C[C@H](C[C@H](CC[C@@H]1C2C(=C[C@H](C)C[C@@H]2OC(=O)[C@@H](C)CC)C=C[C@@H]1C)O[Si](C)(C)C(C)(C)C)O[Si](C)(C)C(C)(C)C. The monoisotopic (exact) mass is 706 g/mol. The zero-order valence-electron chi connectivity index (χ0n) is 33.8. The Hall–Kier alpha value is -1.23. The Morgan fingerprint density at radius 3 is 2.08 bits per heavy atom. The van der Waals surface area contributed by atoms with Crippen molar-refractivity contribution < 1.29 is 23.2 Å². The van der Waals surface area contributed by atoms with E-state index < -0.39 is 16.6 Å². The molecule has 48 heavy (non-hydrogen) atoms. The first-order chi connectivity index (χ1) is 22.0. The van der Waals surface area contributed by atoms with Gasteiger partial charge in [0, 0.05) is 18.6 Å². The van der Waals surface area contributed by atoms with E-state index in [1.54, 1.807) is 0 Å². The first kappa shape index (κ1) is 42.9. The molecule has 1 unspecified atom stereocenters. The van der Waals surface area contributed by atoms with Gasteiger partial charge in [-0.2, -0.15) is 0 Å². The van der Waals surface area contributed by atoms with Crippen LogP contribution in [0, 0.1) is 29.6 Å². The number of carbonyl (C=O) groups is 2. The maximum Gasteiger partial charge on any atom is 0.308 e. The van der Waals surface area contributed by atoms with Crippen molar-refractivity contribution in [1.29, 1.82) is 0 Å². The van der Waals surface area contributed by atoms with Gasteiger partial charge in [-0.1, -0.05) is 101 Å². The largest absolute Gasteiger partial charge is 0.461 e. The molecule has 2 rings (SSSR count). The van der Waals surface area contributed by atoms with Crippen molar-refractivity contribution in [1.82, 2.24) is 5.32 Å². The summed E-state index contributed by atoms with van der Waals surface area (Å²) in [5.74, 6) is 1.17. The zero-order chi connectivity index (χ0) is 36.7. The van der Waals surface area contributed by atoms with E-state index in [-0.39, 0.29) is 52.1 Å². The first-order valence-electron chi connectivity index (χ1n) is 19.3. The summed E-state index contributed by atoms with van der Waals surface area (Å²) in [4.78, 5) is 26.3. The van der Waals surface area contributed by atoms with E-state index in [1.807, 2.05) is 6.92 Å². The molecule has 0 saturated heterocycles. The molecule has 2 aliphatic carbocycles. The highest BCUT2D eigenvalue weighted by atomic mass is 28.4. The molecular formula is C40H75NO5Si2. The number of esters is 1. The summed E-state index contributed by atoms with van der Waals surface area (Å²) >= 11 is 0. The van der Waals surface area contributed by atoms with E-state index in [0.29, 0.717) is 37.1 Å². The summed E-state index contributed by atoms with van der Waals surface area (Å²) < 4.78 is 20.6. The van der Waals surface area contributed by atoms with Crippen LogP contribution in [0.1, 0.15) is 128 Å². The molecule has 0 aromatic carbocycles. The number of ether oxygens (including phenoxy) is 1. The van der Waals surface area contributed by atoms with E-state index in [2.05, 4.69) is 119 Å². The van der Waals surface area contributed by atoms with E-state index in [1.165, 1.54) is 5.57 Å². The molecule has 1 amide bonds. The maximum absolute atomic E-state index is 13.3. The average molecular weight is 706 g/mol. The van der Waals surface area contributed by atoms with Crippen LogP contribution in [0.3, 0.4) is 0 Å². The molecule has 2 aliphatic rings. The third-order valence-electron chi connectivity index (χ3n) is 12.0. The number of fused-ring (bicyclic) bond motifs is 1. The molecule has 0 fully saturated rings. The molecule has 0 aromatic rings. The summed E-state index contributed by atoms with van der Waals surface area (Å²) in [7, 11) is -4.29. The minimum atomic E-state index is -2.16. The van der Waals surface area contributed by atoms with Crippen LogP contribution < -0.4 is 5.32 Å². The van der Waals surface area contributed by atoms with E-state index in [0.717, 1.165) is 38.5 Å². The molecule has 0 saturated carbocycles. The van der Waals surface area contributed by atoms with Gasteiger partial charge in [-0.15, -0.1) is 0 Å². The van der Waals surface area contributed by atoms with Crippen molar-refractivity contribution in [3.63, 3.8) is 0 Å². The van der Waals surface area contributed by atoms with Crippen molar-refractivity contribution in [3.05, 3.63) is 23.8 Å². The molecular weight excluding hydrogens is 631 g/mol. The minimum Gasteiger partial charge on any atom is -0.461 e. The maximum atomic E-state index is 13.3. The molecule has 6 nitrogen and oxygen atoms in total. The molecule has 8 atom stereocenters. The van der Waals surface area contributed by atoms with Crippen LogP contribution in [0.15, 0.2) is 23.8 Å². The summed E-state index contributed by atoms with van der Waals surface area (Å²) in [5, 5.41) is 3.24. The van der Waals surface area contributed by atoms with Crippen LogP contribution in [0.25, 0.3) is 0 Å². The van der Waals surface area contributed by atoms with E-state index in [4.69, 9.17) is 13.6 Å². The highest BCUT2D eigenvalue weighted by molar-refractivity contribution is 6.74. The molecule has 0 bridgehead atoms. The molecule has 1 N–H and O–H groups in total. The van der Waals surface area contributed by atoms with Gasteiger partial charge in [0.1, 0.15) is 6.10 Å². The van der Waals surface area contributed by atoms with Crippen molar-refractivity contribution in [3.8, 4) is 0 Å². The quantitative estimate of drug-likeness (QED) is 0.0926. The molecule has 0 heterocycles. The average Bonchev–Trinajstić information content (AvgIpc) is 2.94. The Morgan fingerprint density at radius 2 is 1.54 bits per heavy atom. The van der Waals surface area contributed by atoms with Crippen molar-refractivity contribution >= 4 is 28.5 Å². The Balaban J connectivity index is 2.44. The number of nitrogens with one attached hydrogen (secondary N) is 1. The van der Waals surface area contributed by atoms with Crippen molar-refractivity contribution in [2.75, 3.05) is 6.54 Å². The molecule has 278 valence electrons. The van der Waals surface area contributed by atoms with Gasteiger partial charge in [0.2, 0.25) is 5.91 Å². The molecule has 0 aromatic heterocycles. The smallest absolute Gasteiger partial charge is 0.308 e. The fourth-order valence-electron chi connectivity index (χ4n) is 6.59.